The van der Waals surface area contributed by atoms with Gasteiger partial charge in [0.1, 0.15) is 0 Å². The van der Waals surface area contributed by atoms with Gasteiger partial charge in [-0.3, -0.25) is 4.79 Å². The van der Waals surface area contributed by atoms with Gasteiger partial charge in [-0.05, 0) is 25.3 Å². The Morgan fingerprint density at radius 1 is 1.29 bits per heavy atom. The van der Waals surface area contributed by atoms with Crippen LogP contribution in [0.2, 0.25) is 0 Å². The zero-order valence-corrected chi connectivity index (χ0v) is 14.2. The molecule has 3 rings (SSSR count). The van der Waals surface area contributed by atoms with Crippen LogP contribution in [-0.2, 0) is 6.54 Å². The number of likely N-dealkylation sites (N-methyl/N-ethyl adjacent to an activating group) is 1. The fraction of sp³-hybridized carbons (Fsp3) is 0.733. The van der Waals surface area contributed by atoms with Crippen molar-refractivity contribution in [3.05, 3.63) is 22.6 Å². The van der Waals surface area contributed by atoms with Crippen molar-refractivity contribution < 1.29 is 0 Å². The minimum absolute atomic E-state index is 0.0265. The van der Waals surface area contributed by atoms with E-state index in [0.717, 1.165) is 43.7 Å². The van der Waals surface area contributed by atoms with Crippen LogP contribution in [0.4, 0.5) is 5.69 Å². The highest BCUT2D eigenvalue weighted by atomic mass is 79.9. The highest BCUT2D eigenvalue weighted by Gasteiger charge is 2.36. The molecule has 5 nitrogen and oxygen atoms in total. The first kappa shape index (κ1) is 15.0. The minimum atomic E-state index is 0.0265. The number of rotatable bonds is 4. The molecule has 2 fully saturated rings. The molecule has 0 aromatic carbocycles. The quantitative estimate of drug-likeness (QED) is 0.769. The molecule has 21 heavy (non-hydrogen) atoms. The van der Waals surface area contributed by atoms with Crippen molar-refractivity contribution in [1.82, 2.24) is 14.7 Å². The van der Waals surface area contributed by atoms with Gasteiger partial charge < -0.3 is 9.80 Å². The predicted octanol–water partition coefficient (Wildman–Crippen LogP) is 1.56. The van der Waals surface area contributed by atoms with Crippen molar-refractivity contribution in [1.29, 1.82) is 0 Å². The van der Waals surface area contributed by atoms with Crippen LogP contribution in [0, 0.1) is 5.41 Å². The topological polar surface area (TPSA) is 41.4 Å². The predicted molar refractivity (Wildman–Crippen MR) is 88.3 cm³/mol. The summed E-state index contributed by atoms with van der Waals surface area (Å²) >= 11 is 3.59. The summed E-state index contributed by atoms with van der Waals surface area (Å²) in [5, 5.41) is 5.37. The van der Waals surface area contributed by atoms with Crippen LogP contribution in [0.15, 0.2) is 17.1 Å². The number of piperazine rings is 1. The number of hydrogen-bond donors (Lipinski definition) is 0. The minimum Gasteiger partial charge on any atom is -0.368 e. The van der Waals surface area contributed by atoms with Gasteiger partial charge in [0, 0.05) is 37.6 Å². The SMILES string of the molecule is CN1CCN(c2cnn(CC3(CBr)CCC3)c(=O)c2)CC1. The molecule has 1 aliphatic carbocycles. The van der Waals surface area contributed by atoms with E-state index in [0.29, 0.717) is 0 Å². The lowest BCUT2D eigenvalue weighted by Crippen LogP contribution is -2.45. The summed E-state index contributed by atoms with van der Waals surface area (Å²) in [6.45, 7) is 4.74. The Kier molecular flexibility index (Phi) is 4.36. The number of anilines is 1. The molecule has 2 heterocycles. The second-order valence-corrected chi connectivity index (χ2v) is 7.05. The lowest BCUT2D eigenvalue weighted by atomic mass is 9.70. The lowest BCUT2D eigenvalue weighted by Gasteiger charge is -2.40. The number of aromatic nitrogens is 2. The van der Waals surface area contributed by atoms with Crippen LogP contribution < -0.4 is 10.5 Å². The van der Waals surface area contributed by atoms with Gasteiger partial charge in [0.05, 0.1) is 18.4 Å². The van der Waals surface area contributed by atoms with Crippen molar-refractivity contribution >= 4 is 21.6 Å². The number of alkyl halides is 1. The molecule has 0 spiro atoms. The van der Waals surface area contributed by atoms with E-state index in [1.54, 1.807) is 10.7 Å². The number of nitrogens with zero attached hydrogens (tertiary/aromatic N) is 4. The fourth-order valence-electron chi connectivity index (χ4n) is 3.11. The van der Waals surface area contributed by atoms with Crippen LogP contribution >= 0.6 is 15.9 Å². The highest BCUT2D eigenvalue weighted by Crippen LogP contribution is 2.43. The van der Waals surface area contributed by atoms with Crippen molar-refractivity contribution in [2.45, 2.75) is 25.8 Å². The van der Waals surface area contributed by atoms with Gasteiger partial charge in [-0.1, -0.05) is 22.4 Å². The molecule has 1 saturated carbocycles. The van der Waals surface area contributed by atoms with Crippen LogP contribution in [0.3, 0.4) is 0 Å². The van der Waals surface area contributed by atoms with Crippen molar-refractivity contribution in [2.24, 2.45) is 5.41 Å². The van der Waals surface area contributed by atoms with E-state index in [1.165, 1.54) is 19.3 Å². The van der Waals surface area contributed by atoms with E-state index in [2.05, 4.69) is 37.9 Å². The standard InChI is InChI=1S/C15H23BrN4O/c1-18-5-7-19(8-6-18)13-9-14(21)20(17-10-13)12-15(11-16)3-2-4-15/h9-10H,2-8,11-12H2,1H3. The molecule has 1 aliphatic heterocycles. The summed E-state index contributed by atoms with van der Waals surface area (Å²) in [6.07, 6.45) is 5.49. The van der Waals surface area contributed by atoms with Crippen molar-refractivity contribution in [2.75, 3.05) is 43.5 Å². The average Bonchev–Trinajstić information content (AvgIpc) is 2.45. The van der Waals surface area contributed by atoms with Gasteiger partial charge in [-0.25, -0.2) is 4.68 Å². The second kappa shape index (κ2) is 6.08. The molecule has 116 valence electrons. The molecule has 0 N–H and O–H groups in total. The zero-order chi connectivity index (χ0) is 14.9. The molecule has 0 bridgehead atoms. The summed E-state index contributed by atoms with van der Waals surface area (Å²) < 4.78 is 1.64. The summed E-state index contributed by atoms with van der Waals surface area (Å²) in [5.74, 6) is 0. The molecule has 2 aliphatic rings. The lowest BCUT2D eigenvalue weighted by molar-refractivity contribution is 0.131. The Morgan fingerprint density at radius 3 is 2.52 bits per heavy atom. The Hall–Kier alpha value is -0.880. The molecular formula is C15H23BrN4O. The molecule has 0 radical (unpaired) electrons. The molecule has 1 aromatic rings. The Morgan fingerprint density at radius 2 is 2.00 bits per heavy atom. The van der Waals surface area contributed by atoms with Gasteiger partial charge in [0.15, 0.2) is 0 Å². The van der Waals surface area contributed by atoms with Crippen molar-refractivity contribution in [3.63, 3.8) is 0 Å². The van der Waals surface area contributed by atoms with Crippen LogP contribution in [0.25, 0.3) is 0 Å². The molecule has 1 aromatic heterocycles. The van der Waals surface area contributed by atoms with Crippen molar-refractivity contribution in [3.8, 4) is 0 Å². The Labute approximate surface area is 134 Å². The van der Waals surface area contributed by atoms with Crippen LogP contribution in [0.5, 0.6) is 0 Å². The van der Waals surface area contributed by atoms with E-state index in [-0.39, 0.29) is 11.0 Å². The van der Waals surface area contributed by atoms with E-state index in [9.17, 15) is 4.79 Å². The summed E-state index contributed by atoms with van der Waals surface area (Å²) in [4.78, 5) is 16.9. The first-order chi connectivity index (χ1) is 10.1. The molecule has 0 amide bonds. The molecule has 0 unspecified atom stereocenters. The van der Waals surface area contributed by atoms with E-state index in [1.807, 2.05) is 6.20 Å². The largest absolute Gasteiger partial charge is 0.368 e. The maximum atomic E-state index is 12.3. The van der Waals surface area contributed by atoms with Gasteiger partial charge in [-0.15, -0.1) is 0 Å². The number of halogens is 1. The third-order valence-electron chi connectivity index (χ3n) is 4.91. The van der Waals surface area contributed by atoms with Gasteiger partial charge in [0.2, 0.25) is 0 Å². The van der Waals surface area contributed by atoms with Gasteiger partial charge in [-0.2, -0.15) is 5.10 Å². The normalized spacial score (nSPS) is 22.1. The molecule has 1 saturated heterocycles. The van der Waals surface area contributed by atoms with Crippen LogP contribution in [0.1, 0.15) is 19.3 Å². The van der Waals surface area contributed by atoms with E-state index in [4.69, 9.17) is 0 Å². The Bertz CT molecular complexity index is 541. The first-order valence-corrected chi connectivity index (χ1v) is 8.81. The van der Waals surface area contributed by atoms with Gasteiger partial charge >= 0.3 is 0 Å². The smallest absolute Gasteiger partial charge is 0.268 e. The van der Waals surface area contributed by atoms with E-state index < -0.39 is 0 Å². The van der Waals surface area contributed by atoms with Gasteiger partial charge in [0.25, 0.3) is 5.56 Å². The maximum absolute atomic E-state index is 12.3. The highest BCUT2D eigenvalue weighted by molar-refractivity contribution is 9.09. The third-order valence-corrected chi connectivity index (χ3v) is 6.10. The molecular weight excluding hydrogens is 332 g/mol. The number of hydrogen-bond acceptors (Lipinski definition) is 4. The van der Waals surface area contributed by atoms with E-state index >= 15 is 0 Å². The maximum Gasteiger partial charge on any atom is 0.268 e. The summed E-state index contributed by atoms with van der Waals surface area (Å²) in [6, 6.07) is 1.75. The Balaban J connectivity index is 1.72. The first-order valence-electron chi connectivity index (χ1n) is 7.69. The third kappa shape index (κ3) is 3.16. The zero-order valence-electron chi connectivity index (χ0n) is 12.6. The molecule has 0 atom stereocenters. The van der Waals surface area contributed by atoms with Crippen LogP contribution in [-0.4, -0.2) is 53.2 Å². The summed E-state index contributed by atoms with van der Waals surface area (Å²) in [5.41, 5.74) is 1.23. The second-order valence-electron chi connectivity index (χ2n) is 6.49. The monoisotopic (exact) mass is 354 g/mol. The average molecular weight is 355 g/mol. The summed E-state index contributed by atoms with van der Waals surface area (Å²) in [7, 11) is 2.13. The fourth-order valence-corrected chi connectivity index (χ4v) is 3.85. The molecule has 6 heteroatoms.